The van der Waals surface area contributed by atoms with Crippen molar-refractivity contribution in [3.63, 3.8) is 0 Å². The van der Waals surface area contributed by atoms with Crippen molar-refractivity contribution in [2.24, 2.45) is 0 Å². The molecule has 1 heterocycles. The van der Waals surface area contributed by atoms with Gasteiger partial charge in [0.2, 0.25) is 5.88 Å². The second kappa shape index (κ2) is 8.82. The van der Waals surface area contributed by atoms with Crippen molar-refractivity contribution in [3.05, 3.63) is 47.4 Å². The van der Waals surface area contributed by atoms with Gasteiger partial charge in [0, 0.05) is 5.75 Å². The van der Waals surface area contributed by atoms with Crippen LogP contribution in [0.5, 0.6) is 5.88 Å². The molecule has 0 aliphatic heterocycles. The normalized spacial score (nSPS) is 9.79. The van der Waals surface area contributed by atoms with E-state index in [0.717, 1.165) is 10.6 Å². The molecule has 6 heteroatoms. The molecule has 0 amide bonds. The third kappa shape index (κ3) is 4.97. The molecule has 2 rings (SSSR count). The maximum Gasteiger partial charge on any atom is 1.00 e. The second-order valence-corrected chi connectivity index (χ2v) is 4.85. The Bertz CT molecular complexity index is 519. The fourth-order valence-electron chi connectivity index (χ4n) is 1.43. The molecule has 1 aromatic heterocycles. The van der Waals surface area contributed by atoms with Crippen molar-refractivity contribution in [1.29, 1.82) is 0 Å². The van der Waals surface area contributed by atoms with Crippen LogP contribution in [0, 0.1) is 0 Å². The molecular formula is C13H14ClN2NaOS. The van der Waals surface area contributed by atoms with E-state index >= 15 is 0 Å². The summed E-state index contributed by atoms with van der Waals surface area (Å²) in [6.07, 6.45) is 1.42. The fourth-order valence-corrected chi connectivity index (χ4v) is 2.63. The van der Waals surface area contributed by atoms with E-state index in [1.807, 2.05) is 25.1 Å². The molecule has 0 spiro atoms. The number of ether oxygens (including phenoxy) is 1. The minimum absolute atomic E-state index is 0. The molecule has 3 nitrogen and oxygen atoms in total. The number of hydrogen-bond donors (Lipinski definition) is 0. The molecule has 0 aliphatic carbocycles. The Morgan fingerprint density at radius 3 is 2.68 bits per heavy atom. The van der Waals surface area contributed by atoms with Crippen LogP contribution in [0.4, 0.5) is 0 Å². The molecule has 0 N–H and O–H groups in total. The van der Waals surface area contributed by atoms with Crippen molar-refractivity contribution in [3.8, 4) is 5.88 Å². The third-order valence-electron chi connectivity index (χ3n) is 2.23. The van der Waals surface area contributed by atoms with Crippen molar-refractivity contribution in [1.82, 2.24) is 9.97 Å². The first-order valence-electron chi connectivity index (χ1n) is 5.61. The van der Waals surface area contributed by atoms with Gasteiger partial charge >= 0.3 is 29.6 Å². The molecule has 0 atom stereocenters. The summed E-state index contributed by atoms with van der Waals surface area (Å²) in [7, 11) is 0. The van der Waals surface area contributed by atoms with Gasteiger partial charge in [-0.1, -0.05) is 41.9 Å². The van der Waals surface area contributed by atoms with E-state index in [1.54, 1.807) is 11.8 Å². The van der Waals surface area contributed by atoms with E-state index in [1.165, 1.54) is 11.9 Å². The van der Waals surface area contributed by atoms with E-state index in [-0.39, 0.29) is 31.0 Å². The summed E-state index contributed by atoms with van der Waals surface area (Å²) in [5, 5.41) is 0.439. The van der Waals surface area contributed by atoms with Crippen LogP contribution in [0.15, 0.2) is 41.6 Å². The molecule has 0 aliphatic rings. The number of benzene rings is 1. The van der Waals surface area contributed by atoms with Crippen molar-refractivity contribution < 1.29 is 35.7 Å². The van der Waals surface area contributed by atoms with Gasteiger partial charge in [-0.15, -0.1) is 11.8 Å². The summed E-state index contributed by atoms with van der Waals surface area (Å²) in [6, 6.07) is 10.2. The average molecular weight is 305 g/mol. The molecular weight excluding hydrogens is 291 g/mol. The van der Waals surface area contributed by atoms with E-state index in [0.29, 0.717) is 17.6 Å². The average Bonchev–Trinajstić information content (AvgIpc) is 2.40. The maximum absolute atomic E-state index is 6.08. The monoisotopic (exact) mass is 304 g/mol. The molecule has 19 heavy (non-hydrogen) atoms. The van der Waals surface area contributed by atoms with Crippen LogP contribution in [0.2, 0.25) is 5.15 Å². The van der Waals surface area contributed by atoms with Crippen LogP contribution >= 0.6 is 23.4 Å². The molecule has 0 fully saturated rings. The first kappa shape index (κ1) is 16.8. The molecule has 0 saturated heterocycles. The zero-order valence-corrected chi connectivity index (χ0v) is 14.5. The van der Waals surface area contributed by atoms with E-state index in [4.69, 9.17) is 16.3 Å². The predicted octanol–water partition coefficient (Wildman–Crippen LogP) is 0.937. The zero-order chi connectivity index (χ0) is 12.8. The SMILES string of the molecule is CCOc1ncnc(Cl)c1SCc1ccccc1.[H-].[Na+]. The van der Waals surface area contributed by atoms with Crippen LogP contribution in [-0.4, -0.2) is 16.6 Å². The van der Waals surface area contributed by atoms with Gasteiger partial charge in [0.1, 0.15) is 16.4 Å². The first-order chi connectivity index (χ1) is 8.81. The predicted molar refractivity (Wildman–Crippen MR) is 75.3 cm³/mol. The maximum atomic E-state index is 6.08. The van der Waals surface area contributed by atoms with Gasteiger partial charge in [-0.3, -0.25) is 0 Å². The van der Waals surface area contributed by atoms with Crippen molar-refractivity contribution in [2.45, 2.75) is 17.6 Å². The van der Waals surface area contributed by atoms with Gasteiger partial charge in [0.05, 0.1) is 6.61 Å². The number of aromatic nitrogens is 2. The topological polar surface area (TPSA) is 35.0 Å². The summed E-state index contributed by atoms with van der Waals surface area (Å²) in [5.74, 6) is 1.37. The Kier molecular flexibility index (Phi) is 7.80. The first-order valence-corrected chi connectivity index (χ1v) is 6.97. The van der Waals surface area contributed by atoms with E-state index < -0.39 is 0 Å². The Balaban J connectivity index is 0.00000180. The van der Waals surface area contributed by atoms with Gasteiger partial charge in [-0.05, 0) is 12.5 Å². The number of nitrogens with zero attached hydrogens (tertiary/aromatic N) is 2. The van der Waals surface area contributed by atoms with E-state index in [9.17, 15) is 0 Å². The fraction of sp³-hybridized carbons (Fsp3) is 0.231. The Morgan fingerprint density at radius 1 is 1.26 bits per heavy atom. The minimum atomic E-state index is 0. The van der Waals surface area contributed by atoms with Crippen molar-refractivity contribution in [2.75, 3.05) is 6.61 Å². The third-order valence-corrected chi connectivity index (χ3v) is 3.77. The van der Waals surface area contributed by atoms with Crippen molar-refractivity contribution >= 4 is 23.4 Å². The summed E-state index contributed by atoms with van der Waals surface area (Å²) >= 11 is 7.66. The Labute approximate surface area is 145 Å². The van der Waals surface area contributed by atoms with Gasteiger partial charge in [0.25, 0.3) is 0 Å². The molecule has 0 bridgehead atoms. The van der Waals surface area contributed by atoms with Gasteiger partial charge in [-0.2, -0.15) is 0 Å². The summed E-state index contributed by atoms with van der Waals surface area (Å²) < 4.78 is 5.45. The van der Waals surface area contributed by atoms with Crippen LogP contribution < -0.4 is 34.3 Å². The van der Waals surface area contributed by atoms with Crippen LogP contribution in [0.1, 0.15) is 13.9 Å². The van der Waals surface area contributed by atoms with Crippen LogP contribution in [0.25, 0.3) is 0 Å². The zero-order valence-electron chi connectivity index (χ0n) is 12.0. The van der Waals surface area contributed by atoms with Gasteiger partial charge in [-0.25, -0.2) is 9.97 Å². The van der Waals surface area contributed by atoms with Gasteiger partial charge in [0.15, 0.2) is 0 Å². The number of halogens is 1. The quantitative estimate of drug-likeness (QED) is 0.468. The Morgan fingerprint density at radius 2 is 2.00 bits per heavy atom. The Hall–Kier alpha value is -0.260. The molecule has 96 valence electrons. The molecule has 0 unspecified atom stereocenters. The summed E-state index contributed by atoms with van der Waals surface area (Å²) in [6.45, 7) is 2.48. The van der Waals surface area contributed by atoms with Gasteiger partial charge < -0.3 is 6.16 Å². The molecule has 2 aromatic rings. The molecule has 0 radical (unpaired) electrons. The van der Waals surface area contributed by atoms with Crippen LogP contribution in [0.3, 0.4) is 0 Å². The second-order valence-electron chi connectivity index (χ2n) is 3.51. The molecule has 1 aromatic carbocycles. The number of hydrogen-bond acceptors (Lipinski definition) is 4. The molecule has 0 saturated carbocycles. The standard InChI is InChI=1S/C13H13ClN2OS.Na.H/c1-2-17-13-11(12(14)15-9-16-13)18-8-10-6-4-3-5-7-10;;/h3-7,9H,2,8H2,1H3;;/q;+1;-1. The smallest absolute Gasteiger partial charge is 1.00 e. The van der Waals surface area contributed by atoms with Crippen LogP contribution in [-0.2, 0) is 5.75 Å². The van der Waals surface area contributed by atoms with E-state index in [2.05, 4.69) is 22.1 Å². The number of thioether (sulfide) groups is 1. The largest absolute Gasteiger partial charge is 1.00 e. The summed E-state index contributed by atoms with van der Waals surface area (Å²) in [5.41, 5.74) is 1.23. The number of rotatable bonds is 5. The minimum Gasteiger partial charge on any atom is -1.00 e. The summed E-state index contributed by atoms with van der Waals surface area (Å²) in [4.78, 5) is 8.89.